The van der Waals surface area contributed by atoms with E-state index < -0.39 is 23.8 Å². The van der Waals surface area contributed by atoms with Gasteiger partial charge in [-0.05, 0) is 19.8 Å². The van der Waals surface area contributed by atoms with Crippen LogP contribution in [0.4, 0.5) is 24.5 Å². The van der Waals surface area contributed by atoms with Crippen molar-refractivity contribution in [2.24, 2.45) is 5.73 Å². The van der Waals surface area contributed by atoms with Gasteiger partial charge in [0.15, 0.2) is 0 Å². The van der Waals surface area contributed by atoms with Crippen molar-refractivity contribution in [1.82, 2.24) is 9.97 Å². The minimum absolute atomic E-state index is 0.00994. The zero-order valence-corrected chi connectivity index (χ0v) is 15.1. The third kappa shape index (κ3) is 3.86. The summed E-state index contributed by atoms with van der Waals surface area (Å²) in [5.41, 5.74) is 5.62. The van der Waals surface area contributed by atoms with Gasteiger partial charge in [0.2, 0.25) is 0 Å². The second kappa shape index (κ2) is 7.35. The number of aromatic amines is 1. The number of alkyl halides is 3. The van der Waals surface area contributed by atoms with Gasteiger partial charge in [0.25, 0.3) is 5.91 Å². The fourth-order valence-corrected chi connectivity index (χ4v) is 3.27. The fraction of sp³-hybridized carbons (Fsp3) is 0.529. The van der Waals surface area contributed by atoms with Gasteiger partial charge in [-0.1, -0.05) is 0 Å². The van der Waals surface area contributed by atoms with Crippen molar-refractivity contribution in [1.29, 1.82) is 0 Å². The summed E-state index contributed by atoms with van der Waals surface area (Å²) < 4.78 is 46.1. The molecule has 0 aromatic carbocycles. The zero-order chi connectivity index (χ0) is 19.8. The van der Waals surface area contributed by atoms with Crippen LogP contribution in [-0.4, -0.2) is 48.2 Å². The normalized spacial score (nSPS) is 19.3. The van der Waals surface area contributed by atoms with Crippen LogP contribution in [0.25, 0.3) is 11.0 Å². The summed E-state index contributed by atoms with van der Waals surface area (Å²) in [6, 6.07) is -0.214. The fourth-order valence-electron chi connectivity index (χ4n) is 3.27. The number of nitrogens with one attached hydrogen (secondary N) is 2. The van der Waals surface area contributed by atoms with Crippen molar-refractivity contribution in [2.45, 2.75) is 38.1 Å². The second-order valence-electron chi connectivity index (χ2n) is 6.66. The molecule has 27 heavy (non-hydrogen) atoms. The highest BCUT2D eigenvalue weighted by Crippen LogP contribution is 2.43. The number of pyridine rings is 1. The van der Waals surface area contributed by atoms with Gasteiger partial charge in [0.1, 0.15) is 11.8 Å². The number of H-pyrrole nitrogens is 1. The van der Waals surface area contributed by atoms with Crippen LogP contribution in [0.3, 0.4) is 0 Å². The summed E-state index contributed by atoms with van der Waals surface area (Å²) in [5, 5.41) is 2.84. The molecule has 1 aliphatic heterocycles. The average Bonchev–Trinajstić information content (AvgIpc) is 3.02. The van der Waals surface area contributed by atoms with Crippen molar-refractivity contribution in [3.05, 3.63) is 18.0 Å². The van der Waals surface area contributed by atoms with Crippen molar-refractivity contribution in [2.75, 3.05) is 30.4 Å². The quantitative estimate of drug-likeness (QED) is 0.751. The highest BCUT2D eigenvalue weighted by molar-refractivity contribution is 6.08. The number of carbonyl (C=O) groups is 1. The summed E-state index contributed by atoms with van der Waals surface area (Å²) in [6.07, 6.45) is -1.64. The summed E-state index contributed by atoms with van der Waals surface area (Å²) in [4.78, 5) is 20.5. The molecule has 1 saturated heterocycles. The van der Waals surface area contributed by atoms with Gasteiger partial charge >= 0.3 is 6.18 Å². The van der Waals surface area contributed by atoms with E-state index in [1.54, 1.807) is 11.8 Å². The maximum atomic E-state index is 13.7. The van der Waals surface area contributed by atoms with Gasteiger partial charge in [0, 0.05) is 38.6 Å². The second-order valence-corrected chi connectivity index (χ2v) is 6.66. The van der Waals surface area contributed by atoms with E-state index in [1.807, 2.05) is 0 Å². The topological polar surface area (TPSA) is 96.3 Å². The molecule has 3 heterocycles. The number of aromatic nitrogens is 2. The van der Waals surface area contributed by atoms with Crippen molar-refractivity contribution in [3.63, 3.8) is 0 Å². The van der Waals surface area contributed by atoms with Gasteiger partial charge < -0.3 is 25.7 Å². The number of ether oxygens (including phenoxy) is 1. The number of carbonyl (C=O) groups excluding carboxylic acids is 1. The number of rotatable bonds is 4. The molecule has 148 valence electrons. The van der Waals surface area contributed by atoms with E-state index in [4.69, 9.17) is 10.5 Å². The first-order chi connectivity index (χ1) is 12.7. The Morgan fingerprint density at radius 1 is 1.52 bits per heavy atom. The van der Waals surface area contributed by atoms with E-state index >= 15 is 0 Å². The molecule has 1 aliphatic rings. The predicted octanol–water partition coefficient (Wildman–Crippen LogP) is 2.48. The molecular formula is C17H22F3N5O2. The lowest BCUT2D eigenvalue weighted by molar-refractivity contribution is -0.137. The Kier molecular flexibility index (Phi) is 5.29. The third-order valence-electron chi connectivity index (χ3n) is 4.73. The average molecular weight is 385 g/mol. The van der Waals surface area contributed by atoms with Crippen LogP contribution in [0.2, 0.25) is 0 Å². The number of nitrogens with two attached hydrogens (primary N) is 1. The third-order valence-corrected chi connectivity index (χ3v) is 4.73. The van der Waals surface area contributed by atoms with E-state index in [-0.39, 0.29) is 28.5 Å². The van der Waals surface area contributed by atoms with Crippen molar-refractivity contribution in [3.8, 4) is 0 Å². The first-order valence-corrected chi connectivity index (χ1v) is 8.63. The minimum atomic E-state index is -4.59. The van der Waals surface area contributed by atoms with Gasteiger partial charge in [-0.2, -0.15) is 13.2 Å². The molecule has 3 rings (SSSR count). The number of anilines is 2. The minimum Gasteiger partial charge on any atom is -0.372 e. The van der Waals surface area contributed by atoms with Crippen LogP contribution < -0.4 is 16.0 Å². The predicted molar refractivity (Wildman–Crippen MR) is 95.6 cm³/mol. The Morgan fingerprint density at radius 2 is 2.26 bits per heavy atom. The molecule has 0 radical (unpaired) electrons. The molecule has 1 fully saturated rings. The van der Waals surface area contributed by atoms with Crippen molar-refractivity contribution < 1.29 is 22.7 Å². The molecule has 10 heteroatoms. The van der Waals surface area contributed by atoms with Crippen LogP contribution in [-0.2, 0) is 15.7 Å². The Bertz CT molecular complexity index is 836. The number of piperidine rings is 1. The summed E-state index contributed by atoms with van der Waals surface area (Å²) in [6.45, 7) is 2.30. The number of nitrogens with zero attached hydrogens (tertiary/aromatic N) is 2. The first-order valence-electron chi connectivity index (χ1n) is 8.63. The molecule has 7 nitrogen and oxygen atoms in total. The number of hydrogen-bond acceptors (Lipinski definition) is 5. The van der Waals surface area contributed by atoms with Gasteiger partial charge in [-0.25, -0.2) is 4.98 Å². The number of methoxy groups -OCH3 is 1. The summed E-state index contributed by atoms with van der Waals surface area (Å²) in [5.74, 6) is -0.461. The molecule has 0 aliphatic carbocycles. The van der Waals surface area contributed by atoms with Crippen LogP contribution in [0, 0.1) is 0 Å². The number of halogens is 3. The van der Waals surface area contributed by atoms with Gasteiger partial charge in [-0.15, -0.1) is 0 Å². The molecule has 0 bridgehead atoms. The van der Waals surface area contributed by atoms with E-state index in [2.05, 4.69) is 15.3 Å². The van der Waals surface area contributed by atoms with E-state index in [0.717, 1.165) is 12.6 Å². The monoisotopic (exact) mass is 385 g/mol. The Balaban J connectivity index is 2.15. The molecule has 2 aromatic rings. The van der Waals surface area contributed by atoms with Gasteiger partial charge in [-0.3, -0.25) is 4.79 Å². The lowest BCUT2D eigenvalue weighted by atomic mass is 10.0. The molecule has 2 aromatic heterocycles. The number of fused-ring (bicyclic) bond motifs is 1. The van der Waals surface area contributed by atoms with Crippen LogP contribution in [0.5, 0.6) is 0 Å². The summed E-state index contributed by atoms with van der Waals surface area (Å²) in [7, 11) is 1.38. The molecule has 0 saturated carbocycles. The lowest BCUT2D eigenvalue weighted by Crippen LogP contribution is -2.43. The maximum Gasteiger partial charge on any atom is 0.419 e. The lowest BCUT2D eigenvalue weighted by Gasteiger charge is -2.34. The highest BCUT2D eigenvalue weighted by atomic mass is 19.4. The standard InChI is InChI=1S/C17H22F3N5O2/c1-9(27-2)16(26)24-12-7-23-15-13(12)14(11(6-22-15)17(18,19)20)25-5-3-4-10(21)8-25/h6-7,9-10H,3-5,8,21H2,1-2H3,(H,22,23)(H,24,26). The largest absolute Gasteiger partial charge is 0.419 e. The number of amides is 1. The van der Waals surface area contributed by atoms with Crippen LogP contribution in [0.1, 0.15) is 25.3 Å². The molecular weight excluding hydrogens is 363 g/mol. The molecule has 4 N–H and O–H groups in total. The Labute approximate surface area is 154 Å². The van der Waals surface area contributed by atoms with E-state index in [1.165, 1.54) is 13.3 Å². The number of hydrogen-bond donors (Lipinski definition) is 3. The van der Waals surface area contributed by atoms with E-state index in [0.29, 0.717) is 19.5 Å². The van der Waals surface area contributed by atoms with Gasteiger partial charge in [0.05, 0.1) is 22.3 Å². The molecule has 1 amide bonds. The highest BCUT2D eigenvalue weighted by Gasteiger charge is 2.38. The summed E-state index contributed by atoms with van der Waals surface area (Å²) >= 11 is 0. The maximum absolute atomic E-state index is 13.7. The molecule has 0 spiro atoms. The SMILES string of the molecule is COC(C)C(=O)Nc1c[nH]c2ncc(C(F)(F)F)c(N3CCCC(N)C3)c12. The van der Waals surface area contributed by atoms with E-state index in [9.17, 15) is 18.0 Å². The molecule has 2 unspecified atom stereocenters. The Morgan fingerprint density at radius 3 is 2.89 bits per heavy atom. The van der Waals surface area contributed by atoms with Crippen molar-refractivity contribution >= 4 is 28.3 Å². The zero-order valence-electron chi connectivity index (χ0n) is 15.1. The Hall–Kier alpha value is -2.33. The smallest absolute Gasteiger partial charge is 0.372 e. The van der Waals surface area contributed by atoms with Crippen LogP contribution in [0.15, 0.2) is 12.4 Å². The first kappa shape index (κ1) is 19.4. The van der Waals surface area contributed by atoms with Crippen LogP contribution >= 0.6 is 0 Å². The molecule has 2 atom stereocenters.